The zero-order chi connectivity index (χ0) is 14.0. The molecule has 3 unspecified atom stereocenters. The number of H-pyrrole nitrogens is 1. The van der Waals surface area contributed by atoms with Crippen LogP contribution in [0.4, 0.5) is 8.78 Å². The van der Waals surface area contributed by atoms with Gasteiger partial charge >= 0.3 is 5.97 Å². The maximum absolute atomic E-state index is 13.8. The summed E-state index contributed by atoms with van der Waals surface area (Å²) in [5.41, 5.74) is 2.08. The van der Waals surface area contributed by atoms with Crippen molar-refractivity contribution in [3.63, 3.8) is 0 Å². The smallest absolute Gasteiger partial charge is 0.356 e. The summed E-state index contributed by atoms with van der Waals surface area (Å²) in [7, 11) is 0. The summed E-state index contributed by atoms with van der Waals surface area (Å²) in [6, 6.07) is 3.62. The number of benzene rings is 1. The molecule has 2 N–H and O–H groups in total. The van der Waals surface area contributed by atoms with Crippen molar-refractivity contribution < 1.29 is 18.7 Å². The van der Waals surface area contributed by atoms with E-state index in [1.807, 2.05) is 0 Å². The third-order valence-electron chi connectivity index (χ3n) is 4.37. The molecule has 1 aromatic carbocycles. The van der Waals surface area contributed by atoms with Gasteiger partial charge in [-0.05, 0) is 29.9 Å². The van der Waals surface area contributed by atoms with Crippen LogP contribution in [0, 0.1) is 17.6 Å². The lowest BCUT2D eigenvalue weighted by molar-refractivity contribution is 0.0689. The molecule has 6 heteroatoms. The number of carboxylic acid groups (broad SMARTS) is 1. The molecule has 1 saturated carbocycles. The summed E-state index contributed by atoms with van der Waals surface area (Å²) in [6.07, 6.45) is 0.583. The van der Waals surface area contributed by atoms with Gasteiger partial charge in [-0.15, -0.1) is 0 Å². The van der Waals surface area contributed by atoms with Gasteiger partial charge in [-0.2, -0.15) is 5.10 Å². The maximum atomic E-state index is 13.8. The first-order valence-electron chi connectivity index (χ1n) is 6.33. The van der Waals surface area contributed by atoms with Gasteiger partial charge in [0.05, 0.1) is 0 Å². The molecule has 2 aliphatic carbocycles. The van der Waals surface area contributed by atoms with Gasteiger partial charge in [0.15, 0.2) is 5.69 Å². The van der Waals surface area contributed by atoms with Crippen molar-refractivity contribution in [3.8, 4) is 0 Å². The van der Waals surface area contributed by atoms with E-state index in [1.165, 1.54) is 12.1 Å². The van der Waals surface area contributed by atoms with Crippen LogP contribution in [0.1, 0.15) is 39.1 Å². The van der Waals surface area contributed by atoms with E-state index in [1.54, 1.807) is 0 Å². The number of hydrogen-bond acceptors (Lipinski definition) is 2. The van der Waals surface area contributed by atoms with Gasteiger partial charge in [-0.25, -0.2) is 13.6 Å². The number of aromatic amines is 1. The van der Waals surface area contributed by atoms with Gasteiger partial charge in [-0.3, -0.25) is 5.10 Å². The quantitative estimate of drug-likeness (QED) is 0.885. The largest absolute Gasteiger partial charge is 0.476 e. The van der Waals surface area contributed by atoms with Crippen molar-refractivity contribution in [1.82, 2.24) is 10.2 Å². The highest BCUT2D eigenvalue weighted by Crippen LogP contribution is 2.66. The van der Waals surface area contributed by atoms with Crippen molar-refractivity contribution in [1.29, 1.82) is 0 Å². The summed E-state index contributed by atoms with van der Waals surface area (Å²) in [5, 5.41) is 15.6. The van der Waals surface area contributed by atoms with Gasteiger partial charge in [0.1, 0.15) is 11.6 Å². The highest BCUT2D eigenvalue weighted by Gasteiger charge is 2.59. The van der Waals surface area contributed by atoms with E-state index in [0.717, 1.165) is 17.3 Å². The third-order valence-corrected chi connectivity index (χ3v) is 4.37. The summed E-state index contributed by atoms with van der Waals surface area (Å²) in [5.74, 6) is -1.92. The van der Waals surface area contributed by atoms with Crippen LogP contribution in [0.25, 0.3) is 0 Å². The molecule has 3 atom stereocenters. The number of carbonyl (C=O) groups is 1. The molecule has 0 spiro atoms. The molecule has 4 rings (SSSR count). The molecule has 2 aliphatic rings. The second-order valence-corrected chi connectivity index (χ2v) is 5.35. The van der Waals surface area contributed by atoms with Crippen LogP contribution in [-0.4, -0.2) is 21.3 Å². The fraction of sp³-hybridized carbons (Fsp3) is 0.286. The molecule has 1 heterocycles. The van der Waals surface area contributed by atoms with Gasteiger partial charge in [0.25, 0.3) is 0 Å². The minimum absolute atomic E-state index is 0.00908. The van der Waals surface area contributed by atoms with Gasteiger partial charge < -0.3 is 5.11 Å². The third kappa shape index (κ3) is 1.39. The Morgan fingerprint density at radius 3 is 2.85 bits per heavy atom. The lowest BCUT2D eigenvalue weighted by atomic mass is 10.00. The van der Waals surface area contributed by atoms with E-state index in [0.29, 0.717) is 12.0 Å². The first-order valence-corrected chi connectivity index (χ1v) is 6.33. The summed E-state index contributed by atoms with van der Waals surface area (Å²) in [4.78, 5) is 11.0. The molecule has 20 heavy (non-hydrogen) atoms. The van der Waals surface area contributed by atoms with E-state index in [-0.39, 0.29) is 23.4 Å². The van der Waals surface area contributed by atoms with Crippen molar-refractivity contribution in [2.45, 2.75) is 18.3 Å². The molecule has 0 aliphatic heterocycles. The molecule has 0 radical (unpaired) electrons. The Labute approximate surface area is 112 Å². The number of halogens is 2. The molecule has 2 aromatic rings. The topological polar surface area (TPSA) is 66.0 Å². The van der Waals surface area contributed by atoms with Gasteiger partial charge in [0.2, 0.25) is 0 Å². The van der Waals surface area contributed by atoms with Crippen molar-refractivity contribution in [2.24, 2.45) is 5.92 Å². The monoisotopic (exact) mass is 276 g/mol. The Bertz CT molecular complexity index is 741. The van der Waals surface area contributed by atoms with Crippen LogP contribution in [-0.2, 0) is 6.42 Å². The molecule has 0 amide bonds. The lowest BCUT2D eigenvalue weighted by Gasteiger charge is -2.06. The molecular weight excluding hydrogens is 266 g/mol. The highest BCUT2D eigenvalue weighted by atomic mass is 19.1. The summed E-state index contributed by atoms with van der Waals surface area (Å²) < 4.78 is 26.7. The minimum Gasteiger partial charge on any atom is -0.476 e. The minimum atomic E-state index is -1.05. The Morgan fingerprint density at radius 2 is 2.15 bits per heavy atom. The molecule has 0 saturated heterocycles. The number of nitrogens with one attached hydrogen (secondary N) is 1. The second kappa shape index (κ2) is 3.65. The molecule has 1 aromatic heterocycles. The normalized spacial score (nSPS) is 26.2. The Morgan fingerprint density at radius 1 is 1.35 bits per heavy atom. The highest BCUT2D eigenvalue weighted by molar-refractivity contribution is 5.88. The number of fused-ring (bicyclic) bond motifs is 3. The van der Waals surface area contributed by atoms with Gasteiger partial charge in [0, 0.05) is 23.2 Å². The summed E-state index contributed by atoms with van der Waals surface area (Å²) in [6.45, 7) is 0. The lowest BCUT2D eigenvalue weighted by Crippen LogP contribution is -2.03. The molecule has 1 fully saturated rings. The maximum Gasteiger partial charge on any atom is 0.356 e. The standard InChI is InChI=1S/C14H10F2N2O2/c15-5-1-2-6(9(16)3-5)10-7-4-8-12(11(7)10)17-18-13(8)14(19)20/h1-3,7,10-11H,4H2,(H,17,18)(H,19,20). The van der Waals surface area contributed by atoms with E-state index in [2.05, 4.69) is 10.2 Å². The number of aromatic carboxylic acids is 1. The predicted molar refractivity (Wildman–Crippen MR) is 64.6 cm³/mol. The number of rotatable bonds is 2. The van der Waals surface area contributed by atoms with Gasteiger partial charge in [-0.1, -0.05) is 6.07 Å². The van der Waals surface area contributed by atoms with Crippen LogP contribution in [0.15, 0.2) is 18.2 Å². The fourth-order valence-corrected chi connectivity index (χ4v) is 3.49. The van der Waals surface area contributed by atoms with Crippen LogP contribution in [0.5, 0.6) is 0 Å². The van der Waals surface area contributed by atoms with E-state index in [4.69, 9.17) is 5.11 Å². The van der Waals surface area contributed by atoms with Crippen LogP contribution in [0.3, 0.4) is 0 Å². The first kappa shape index (κ1) is 11.6. The first-order chi connectivity index (χ1) is 9.58. The van der Waals surface area contributed by atoms with Crippen LogP contribution in [0.2, 0.25) is 0 Å². The fourth-order valence-electron chi connectivity index (χ4n) is 3.49. The Hall–Kier alpha value is -2.24. The predicted octanol–water partition coefficient (Wildman–Crippen LogP) is 2.44. The van der Waals surface area contributed by atoms with E-state index in [9.17, 15) is 13.6 Å². The zero-order valence-electron chi connectivity index (χ0n) is 10.2. The summed E-state index contributed by atoms with van der Waals surface area (Å²) >= 11 is 0. The van der Waals surface area contributed by atoms with Crippen molar-refractivity contribution >= 4 is 5.97 Å². The Balaban J connectivity index is 1.69. The average molecular weight is 276 g/mol. The zero-order valence-corrected chi connectivity index (χ0v) is 10.2. The Kier molecular flexibility index (Phi) is 2.11. The van der Waals surface area contributed by atoms with Crippen LogP contribution >= 0.6 is 0 Å². The second-order valence-electron chi connectivity index (χ2n) is 5.35. The number of carboxylic acids is 1. The average Bonchev–Trinajstić information content (AvgIpc) is 2.76. The number of nitrogens with zero attached hydrogens (tertiary/aromatic N) is 1. The van der Waals surface area contributed by atoms with E-state index < -0.39 is 17.6 Å². The number of aromatic nitrogens is 2. The van der Waals surface area contributed by atoms with Crippen molar-refractivity contribution in [2.75, 3.05) is 0 Å². The molecular formula is C14H10F2N2O2. The molecule has 4 nitrogen and oxygen atoms in total. The molecule has 102 valence electrons. The molecule has 0 bridgehead atoms. The van der Waals surface area contributed by atoms with E-state index >= 15 is 0 Å². The number of hydrogen-bond donors (Lipinski definition) is 2. The SMILES string of the molecule is O=C(O)c1n[nH]c2c1CC1C(c3ccc(F)cc3F)C21. The van der Waals surface area contributed by atoms with Crippen molar-refractivity contribution in [3.05, 3.63) is 52.3 Å². The van der Waals surface area contributed by atoms with Crippen LogP contribution < -0.4 is 0 Å².